The van der Waals surface area contributed by atoms with Gasteiger partial charge in [0.15, 0.2) is 0 Å². The van der Waals surface area contributed by atoms with Crippen LogP contribution in [0.25, 0.3) is 0 Å². The number of hydrogen-bond acceptors (Lipinski definition) is 4. The Hall–Kier alpha value is -1.26. The van der Waals surface area contributed by atoms with Crippen molar-refractivity contribution in [3.05, 3.63) is 23.8 Å². The Morgan fingerprint density at radius 1 is 1.57 bits per heavy atom. The van der Waals surface area contributed by atoms with Gasteiger partial charge in [0.25, 0.3) is 0 Å². The van der Waals surface area contributed by atoms with E-state index in [1.165, 1.54) is 11.2 Å². The van der Waals surface area contributed by atoms with Crippen LogP contribution in [-0.4, -0.2) is 42.7 Å². The fourth-order valence-corrected chi connectivity index (χ4v) is 2.86. The number of amides is 1. The molecule has 1 N–H and O–H groups in total. The summed E-state index contributed by atoms with van der Waals surface area (Å²) in [6, 6.07) is 0. The Morgan fingerprint density at radius 2 is 2.43 bits per heavy atom. The van der Waals surface area contributed by atoms with Crippen molar-refractivity contribution in [3.8, 4) is 0 Å². The van der Waals surface area contributed by atoms with Crippen LogP contribution in [0.3, 0.4) is 0 Å². The molecule has 8 heteroatoms. The third kappa shape index (κ3) is 1.67. The molecule has 0 bridgehead atoms. The first-order valence-corrected chi connectivity index (χ1v) is 6.33. The summed E-state index contributed by atoms with van der Waals surface area (Å²) in [5.74, 6) is 0.563. The average molecular weight is 231 g/mol. The summed E-state index contributed by atoms with van der Waals surface area (Å²) in [6.45, 7) is 0.315. The Morgan fingerprint density at radius 3 is 3.21 bits per heavy atom. The first kappa shape index (κ1) is 9.30. The van der Waals surface area contributed by atoms with Crippen molar-refractivity contribution in [2.45, 2.75) is 0 Å². The van der Waals surface area contributed by atoms with E-state index >= 15 is 0 Å². The van der Waals surface area contributed by atoms with Crippen molar-refractivity contribution in [3.63, 3.8) is 0 Å². The SMILES string of the molecule is O=C(O)N1CC=C2O[SiH2]O[SiH2]OC=C21. The highest BCUT2D eigenvalue weighted by Gasteiger charge is 2.27. The summed E-state index contributed by atoms with van der Waals surface area (Å²) in [4.78, 5) is 12.0. The molecule has 2 heterocycles. The predicted octanol–water partition coefficient (Wildman–Crippen LogP) is -1.23. The second-order valence-corrected chi connectivity index (χ2v) is 5.44. The van der Waals surface area contributed by atoms with Gasteiger partial charge in [0.1, 0.15) is 11.5 Å². The lowest BCUT2D eigenvalue weighted by Crippen LogP contribution is -2.27. The van der Waals surface area contributed by atoms with Gasteiger partial charge in [0.05, 0.1) is 12.8 Å². The molecule has 0 aromatic heterocycles. The van der Waals surface area contributed by atoms with E-state index in [0.717, 1.165) is 0 Å². The quantitative estimate of drug-likeness (QED) is 0.529. The van der Waals surface area contributed by atoms with Gasteiger partial charge in [0, 0.05) is 0 Å². The average Bonchev–Trinajstić information content (AvgIpc) is 2.47. The van der Waals surface area contributed by atoms with Gasteiger partial charge in [-0.2, -0.15) is 0 Å². The summed E-state index contributed by atoms with van der Waals surface area (Å²) in [7, 11) is -2.06. The van der Waals surface area contributed by atoms with Gasteiger partial charge in [0.2, 0.25) is 0 Å². The van der Waals surface area contributed by atoms with Crippen LogP contribution in [0.4, 0.5) is 4.79 Å². The lowest BCUT2D eigenvalue weighted by molar-refractivity contribution is 0.162. The van der Waals surface area contributed by atoms with Crippen LogP contribution in [-0.2, 0) is 13.0 Å². The monoisotopic (exact) mass is 231 g/mol. The zero-order valence-electron chi connectivity index (χ0n) is 7.30. The molecule has 14 heavy (non-hydrogen) atoms. The van der Waals surface area contributed by atoms with E-state index in [-0.39, 0.29) is 0 Å². The molecule has 0 unspecified atom stereocenters. The molecule has 1 amide bonds. The molecule has 0 aromatic carbocycles. The molecule has 2 aliphatic heterocycles. The van der Waals surface area contributed by atoms with Crippen molar-refractivity contribution in [2.75, 3.05) is 6.54 Å². The largest absolute Gasteiger partial charge is 0.529 e. The fourth-order valence-electron chi connectivity index (χ4n) is 1.25. The maximum atomic E-state index is 10.8. The van der Waals surface area contributed by atoms with E-state index in [0.29, 0.717) is 18.0 Å². The van der Waals surface area contributed by atoms with Gasteiger partial charge in [-0.05, 0) is 6.08 Å². The number of nitrogens with zero attached hydrogens (tertiary/aromatic N) is 1. The van der Waals surface area contributed by atoms with Crippen LogP contribution >= 0.6 is 0 Å². The van der Waals surface area contributed by atoms with Crippen molar-refractivity contribution < 1.29 is 22.9 Å². The number of carbonyl (C=O) groups is 1. The predicted molar refractivity (Wildman–Crippen MR) is 51.2 cm³/mol. The van der Waals surface area contributed by atoms with Crippen LogP contribution in [0.1, 0.15) is 0 Å². The van der Waals surface area contributed by atoms with Gasteiger partial charge < -0.3 is 18.1 Å². The van der Waals surface area contributed by atoms with Crippen molar-refractivity contribution in [2.24, 2.45) is 0 Å². The van der Waals surface area contributed by atoms with Crippen molar-refractivity contribution >= 4 is 26.1 Å². The van der Waals surface area contributed by atoms with E-state index in [2.05, 4.69) is 0 Å². The molecule has 2 aliphatic rings. The highest BCUT2D eigenvalue weighted by Crippen LogP contribution is 2.23. The first-order chi connectivity index (χ1) is 6.79. The normalized spacial score (nSPS) is 24.1. The molecule has 0 aromatic rings. The first-order valence-electron chi connectivity index (χ1n) is 4.02. The van der Waals surface area contributed by atoms with Crippen molar-refractivity contribution in [1.29, 1.82) is 0 Å². The number of rotatable bonds is 0. The Bertz CT molecular complexity index is 315. The summed E-state index contributed by atoms with van der Waals surface area (Å²) < 4.78 is 15.6. The van der Waals surface area contributed by atoms with Gasteiger partial charge >= 0.3 is 26.1 Å². The standard InChI is InChI=1S/C6H9NO5Si2/c8-6(9)7-2-1-5-4(7)3-10-13-12-14-11-5/h1,3H,2,13-14H2,(H,8,9). The smallest absolute Gasteiger partial charge is 0.412 e. The van der Waals surface area contributed by atoms with Crippen LogP contribution in [0.5, 0.6) is 0 Å². The highest BCUT2D eigenvalue weighted by atomic mass is 28.3. The molecular formula is C6H9NO5Si2. The van der Waals surface area contributed by atoms with Crippen LogP contribution in [0.2, 0.25) is 0 Å². The van der Waals surface area contributed by atoms with E-state index in [4.69, 9.17) is 18.1 Å². The Kier molecular flexibility index (Phi) is 2.56. The molecule has 0 spiro atoms. The summed E-state index contributed by atoms with van der Waals surface area (Å²) in [5.41, 5.74) is 0.487. The number of hydrogen-bond donors (Lipinski definition) is 1. The molecular weight excluding hydrogens is 222 g/mol. The maximum absolute atomic E-state index is 10.8. The van der Waals surface area contributed by atoms with Gasteiger partial charge in [-0.3, -0.25) is 4.90 Å². The van der Waals surface area contributed by atoms with E-state index in [1.807, 2.05) is 0 Å². The van der Waals surface area contributed by atoms with Crippen LogP contribution in [0.15, 0.2) is 23.8 Å². The molecule has 0 saturated heterocycles. The third-order valence-corrected chi connectivity index (χ3v) is 3.94. The number of fused-ring (bicyclic) bond motifs is 1. The van der Waals surface area contributed by atoms with Crippen LogP contribution in [0, 0.1) is 0 Å². The lowest BCUT2D eigenvalue weighted by atomic mass is 10.4. The minimum Gasteiger partial charge on any atom is -0.529 e. The molecule has 0 aliphatic carbocycles. The minimum atomic E-state index is -1.04. The minimum absolute atomic E-state index is 0.315. The summed E-state index contributed by atoms with van der Waals surface area (Å²) in [5, 5.41) is 8.85. The lowest BCUT2D eigenvalue weighted by Gasteiger charge is -2.18. The van der Waals surface area contributed by atoms with Gasteiger partial charge in [-0.25, -0.2) is 4.79 Å². The summed E-state index contributed by atoms with van der Waals surface area (Å²) in [6.07, 6.45) is 2.12. The van der Waals surface area contributed by atoms with Crippen LogP contribution < -0.4 is 0 Å². The second kappa shape index (κ2) is 3.86. The zero-order chi connectivity index (χ0) is 9.97. The highest BCUT2D eigenvalue weighted by molar-refractivity contribution is 6.35. The van der Waals surface area contributed by atoms with E-state index in [1.54, 1.807) is 6.08 Å². The van der Waals surface area contributed by atoms with Crippen molar-refractivity contribution in [1.82, 2.24) is 4.90 Å². The van der Waals surface area contributed by atoms with E-state index < -0.39 is 26.1 Å². The molecule has 0 fully saturated rings. The fraction of sp³-hybridized carbons (Fsp3) is 0.167. The van der Waals surface area contributed by atoms with Gasteiger partial charge in [-0.15, -0.1) is 0 Å². The van der Waals surface area contributed by atoms with Gasteiger partial charge in [-0.1, -0.05) is 0 Å². The summed E-state index contributed by atoms with van der Waals surface area (Å²) >= 11 is 0. The Labute approximate surface area is 84.9 Å². The third-order valence-electron chi connectivity index (χ3n) is 1.88. The molecule has 0 saturated carbocycles. The number of carboxylic acid groups (broad SMARTS) is 1. The zero-order valence-corrected chi connectivity index (χ0v) is 10.1. The second-order valence-electron chi connectivity index (χ2n) is 2.72. The topological polar surface area (TPSA) is 68.2 Å². The van der Waals surface area contributed by atoms with E-state index in [9.17, 15) is 4.79 Å². The molecule has 2 rings (SSSR count). The molecule has 6 nitrogen and oxygen atoms in total. The molecule has 0 radical (unpaired) electrons. The maximum Gasteiger partial charge on any atom is 0.412 e. The molecule has 0 atom stereocenters. The Balaban J connectivity index is 2.21. The molecule has 76 valence electrons.